The molecular formula is C14H16BrClN2S. The number of halogens is 2. The molecule has 3 rings (SSSR count). The van der Waals surface area contributed by atoms with E-state index in [9.17, 15) is 0 Å². The standard InChI is InChI=1S/C14H16BrClN2S/c15-10-2-3-12(19-7-1-5-16)14-13(10)9-8-17-6-4-11(9)18-14/h2-3,17-18H,1,4-8H2. The van der Waals surface area contributed by atoms with E-state index in [0.717, 1.165) is 37.6 Å². The number of hydrogen-bond donors (Lipinski definition) is 2. The molecule has 1 aromatic carbocycles. The highest BCUT2D eigenvalue weighted by Crippen LogP contribution is 2.37. The maximum Gasteiger partial charge on any atom is 0.0609 e. The SMILES string of the molecule is ClCCCSc1ccc(Br)c2c3c([nH]c12)CCNC3. The van der Waals surface area contributed by atoms with Crippen LogP contribution in [0, 0.1) is 0 Å². The van der Waals surface area contributed by atoms with Crippen LogP contribution in [0.4, 0.5) is 0 Å². The largest absolute Gasteiger partial charge is 0.357 e. The topological polar surface area (TPSA) is 27.8 Å². The van der Waals surface area contributed by atoms with E-state index < -0.39 is 0 Å². The second-order valence-electron chi connectivity index (χ2n) is 4.70. The molecule has 2 heterocycles. The summed E-state index contributed by atoms with van der Waals surface area (Å²) in [4.78, 5) is 4.96. The molecule has 2 N–H and O–H groups in total. The summed E-state index contributed by atoms with van der Waals surface area (Å²) >= 11 is 11.3. The monoisotopic (exact) mass is 358 g/mol. The van der Waals surface area contributed by atoms with E-state index in [1.165, 1.54) is 31.5 Å². The Bertz CT molecular complexity index is 597. The molecule has 0 radical (unpaired) electrons. The third-order valence-corrected chi connectivity index (χ3v) is 5.52. The first-order valence-corrected chi connectivity index (χ1v) is 8.84. The highest BCUT2D eigenvalue weighted by Gasteiger charge is 2.18. The first kappa shape index (κ1) is 13.8. The summed E-state index contributed by atoms with van der Waals surface area (Å²) in [5.41, 5.74) is 4.09. The quantitative estimate of drug-likeness (QED) is 0.484. The third kappa shape index (κ3) is 2.68. The van der Waals surface area contributed by atoms with Crippen LogP contribution in [-0.2, 0) is 13.0 Å². The number of hydrogen-bond acceptors (Lipinski definition) is 2. The lowest BCUT2D eigenvalue weighted by molar-refractivity contribution is 0.640. The highest BCUT2D eigenvalue weighted by molar-refractivity contribution is 9.10. The van der Waals surface area contributed by atoms with Crippen molar-refractivity contribution in [2.24, 2.45) is 0 Å². The summed E-state index contributed by atoms with van der Waals surface area (Å²) in [6.45, 7) is 2.02. The van der Waals surface area contributed by atoms with E-state index in [1.54, 1.807) is 0 Å². The number of fused-ring (bicyclic) bond motifs is 3. The second kappa shape index (κ2) is 6.08. The van der Waals surface area contributed by atoms with E-state index >= 15 is 0 Å². The fourth-order valence-electron chi connectivity index (χ4n) is 2.55. The van der Waals surface area contributed by atoms with Gasteiger partial charge in [-0.15, -0.1) is 23.4 Å². The molecule has 0 atom stereocenters. The van der Waals surface area contributed by atoms with Crippen molar-refractivity contribution in [3.8, 4) is 0 Å². The van der Waals surface area contributed by atoms with E-state index in [1.807, 2.05) is 11.8 Å². The Morgan fingerprint density at radius 3 is 3.11 bits per heavy atom. The van der Waals surface area contributed by atoms with E-state index in [-0.39, 0.29) is 0 Å². The maximum absolute atomic E-state index is 5.76. The van der Waals surface area contributed by atoms with Crippen LogP contribution in [0.15, 0.2) is 21.5 Å². The summed E-state index contributed by atoms with van der Waals surface area (Å²) in [5.74, 6) is 1.81. The van der Waals surface area contributed by atoms with Gasteiger partial charge in [-0.2, -0.15) is 0 Å². The summed E-state index contributed by atoms with van der Waals surface area (Å²) in [7, 11) is 0. The number of benzene rings is 1. The van der Waals surface area contributed by atoms with Crippen molar-refractivity contribution in [3.63, 3.8) is 0 Å². The van der Waals surface area contributed by atoms with E-state index in [4.69, 9.17) is 11.6 Å². The van der Waals surface area contributed by atoms with Crippen molar-refractivity contribution < 1.29 is 0 Å². The van der Waals surface area contributed by atoms with Gasteiger partial charge in [0.2, 0.25) is 0 Å². The minimum absolute atomic E-state index is 0.734. The number of thioether (sulfide) groups is 1. The van der Waals surface area contributed by atoms with Crippen LogP contribution in [-0.4, -0.2) is 23.2 Å². The Balaban J connectivity index is 2.04. The lowest BCUT2D eigenvalue weighted by Crippen LogP contribution is -2.22. The van der Waals surface area contributed by atoms with Gasteiger partial charge in [-0.25, -0.2) is 0 Å². The molecule has 0 unspecified atom stereocenters. The Kier molecular flexibility index (Phi) is 4.42. The van der Waals surface area contributed by atoms with Crippen molar-refractivity contribution in [2.45, 2.75) is 24.3 Å². The van der Waals surface area contributed by atoms with Crippen LogP contribution in [0.25, 0.3) is 10.9 Å². The van der Waals surface area contributed by atoms with Crippen LogP contribution in [0.3, 0.4) is 0 Å². The smallest absolute Gasteiger partial charge is 0.0609 e. The Labute approximate surface area is 130 Å². The van der Waals surface area contributed by atoms with Crippen molar-refractivity contribution >= 4 is 50.2 Å². The van der Waals surface area contributed by atoms with Gasteiger partial charge in [0.1, 0.15) is 0 Å². The fraction of sp³-hybridized carbons (Fsp3) is 0.429. The number of alkyl halides is 1. The molecule has 2 aromatic rings. The van der Waals surface area contributed by atoms with Crippen molar-refractivity contribution in [1.29, 1.82) is 0 Å². The predicted molar refractivity (Wildman–Crippen MR) is 87.5 cm³/mol. The van der Waals surface area contributed by atoms with Crippen molar-refractivity contribution in [2.75, 3.05) is 18.2 Å². The molecule has 0 saturated carbocycles. The van der Waals surface area contributed by atoms with Crippen LogP contribution < -0.4 is 5.32 Å². The van der Waals surface area contributed by atoms with Gasteiger partial charge < -0.3 is 10.3 Å². The fourth-order valence-corrected chi connectivity index (χ4v) is 4.38. The molecule has 0 spiro atoms. The predicted octanol–water partition coefficient (Wildman–Crippen LogP) is 4.30. The van der Waals surface area contributed by atoms with Gasteiger partial charge in [0, 0.05) is 45.8 Å². The summed E-state index contributed by atoms with van der Waals surface area (Å²) in [5, 5.41) is 4.80. The molecule has 1 aliphatic heterocycles. The molecule has 5 heteroatoms. The lowest BCUT2D eigenvalue weighted by atomic mass is 10.1. The van der Waals surface area contributed by atoms with Gasteiger partial charge in [0.25, 0.3) is 0 Å². The molecule has 1 aliphatic rings. The number of nitrogens with one attached hydrogen (secondary N) is 2. The van der Waals surface area contributed by atoms with Gasteiger partial charge in [-0.3, -0.25) is 0 Å². The first-order chi connectivity index (χ1) is 9.31. The number of rotatable bonds is 4. The van der Waals surface area contributed by atoms with Crippen LogP contribution >= 0.6 is 39.3 Å². The number of aromatic nitrogens is 1. The zero-order chi connectivity index (χ0) is 13.2. The molecular weight excluding hydrogens is 344 g/mol. The molecule has 0 fully saturated rings. The minimum Gasteiger partial charge on any atom is -0.357 e. The highest BCUT2D eigenvalue weighted by atomic mass is 79.9. The lowest BCUT2D eigenvalue weighted by Gasteiger charge is -2.12. The van der Waals surface area contributed by atoms with Crippen LogP contribution in [0.2, 0.25) is 0 Å². The normalized spacial score (nSPS) is 14.8. The van der Waals surface area contributed by atoms with E-state index in [2.05, 4.69) is 38.4 Å². The van der Waals surface area contributed by atoms with Gasteiger partial charge in [0.15, 0.2) is 0 Å². The van der Waals surface area contributed by atoms with Crippen molar-refractivity contribution in [3.05, 3.63) is 27.9 Å². The van der Waals surface area contributed by atoms with Crippen LogP contribution in [0.5, 0.6) is 0 Å². The summed E-state index contributed by atoms with van der Waals surface area (Å²) in [6, 6.07) is 4.36. The molecule has 102 valence electrons. The zero-order valence-electron chi connectivity index (χ0n) is 10.6. The van der Waals surface area contributed by atoms with Gasteiger partial charge in [-0.05, 0) is 29.9 Å². The summed E-state index contributed by atoms with van der Waals surface area (Å²) < 4.78 is 1.19. The maximum atomic E-state index is 5.76. The average Bonchev–Trinajstić information content (AvgIpc) is 2.82. The molecule has 2 nitrogen and oxygen atoms in total. The zero-order valence-corrected chi connectivity index (χ0v) is 13.7. The van der Waals surface area contributed by atoms with Crippen molar-refractivity contribution in [1.82, 2.24) is 10.3 Å². The Morgan fingerprint density at radius 2 is 2.26 bits per heavy atom. The molecule has 0 amide bonds. The van der Waals surface area contributed by atoms with E-state index in [0.29, 0.717) is 0 Å². The Morgan fingerprint density at radius 1 is 1.37 bits per heavy atom. The number of H-pyrrole nitrogens is 1. The minimum atomic E-state index is 0.734. The van der Waals surface area contributed by atoms with Gasteiger partial charge in [-0.1, -0.05) is 15.9 Å². The van der Waals surface area contributed by atoms with Gasteiger partial charge in [0.05, 0.1) is 5.52 Å². The number of aromatic amines is 1. The van der Waals surface area contributed by atoms with Crippen LogP contribution in [0.1, 0.15) is 17.7 Å². The van der Waals surface area contributed by atoms with Gasteiger partial charge >= 0.3 is 0 Å². The molecule has 0 saturated heterocycles. The molecule has 1 aromatic heterocycles. The second-order valence-corrected chi connectivity index (χ2v) is 7.06. The molecule has 0 aliphatic carbocycles. The average molecular weight is 360 g/mol. The molecule has 19 heavy (non-hydrogen) atoms. The first-order valence-electron chi connectivity index (χ1n) is 6.52. The summed E-state index contributed by atoms with van der Waals surface area (Å²) in [6.07, 6.45) is 2.13. The third-order valence-electron chi connectivity index (χ3n) is 3.45. The molecule has 0 bridgehead atoms. The Hall–Kier alpha value is -0.160.